The van der Waals surface area contributed by atoms with Gasteiger partial charge in [0.2, 0.25) is 0 Å². The van der Waals surface area contributed by atoms with Gasteiger partial charge in [0, 0.05) is 30.9 Å². The van der Waals surface area contributed by atoms with Crippen LogP contribution in [0.1, 0.15) is 29.6 Å². The van der Waals surface area contributed by atoms with Crippen LogP contribution in [0, 0.1) is 0 Å². The third kappa shape index (κ3) is 2.91. The summed E-state index contributed by atoms with van der Waals surface area (Å²) in [6.45, 7) is 2.25. The molecule has 0 aromatic heterocycles. The Bertz CT molecular complexity index is 517. The van der Waals surface area contributed by atoms with Crippen molar-refractivity contribution < 1.29 is 9.53 Å². The zero-order chi connectivity index (χ0) is 14.1. The summed E-state index contributed by atoms with van der Waals surface area (Å²) in [5.41, 5.74) is 1.34. The summed E-state index contributed by atoms with van der Waals surface area (Å²) in [7, 11) is 1.36. The molecule has 1 aliphatic heterocycles. The lowest BCUT2D eigenvalue weighted by atomic mass is 10.1. The van der Waals surface area contributed by atoms with E-state index >= 15 is 0 Å². The van der Waals surface area contributed by atoms with Gasteiger partial charge in [-0.25, -0.2) is 4.79 Å². The molecule has 0 radical (unpaired) electrons. The Morgan fingerprint density at radius 3 is 2.90 bits per heavy atom. The van der Waals surface area contributed by atoms with Crippen molar-refractivity contribution >= 4 is 23.3 Å². The molecule has 1 unspecified atom stereocenters. The number of benzene rings is 1. The van der Waals surface area contributed by atoms with Gasteiger partial charge in [-0.1, -0.05) is 11.6 Å². The van der Waals surface area contributed by atoms with Crippen LogP contribution in [0.15, 0.2) is 18.2 Å². The predicted octanol–water partition coefficient (Wildman–Crippen LogP) is 2.78. The number of methoxy groups -OCH3 is 1. The average Bonchev–Trinajstić information content (AvgIpc) is 3.21. The summed E-state index contributed by atoms with van der Waals surface area (Å²) < 4.78 is 4.74. The van der Waals surface area contributed by atoms with Gasteiger partial charge in [-0.3, -0.25) is 4.90 Å². The largest absolute Gasteiger partial charge is 0.465 e. The van der Waals surface area contributed by atoms with Crippen LogP contribution >= 0.6 is 11.6 Å². The van der Waals surface area contributed by atoms with E-state index in [0.29, 0.717) is 16.6 Å². The highest BCUT2D eigenvalue weighted by atomic mass is 35.5. The number of carbonyl (C=O) groups is 1. The lowest BCUT2D eigenvalue weighted by Crippen LogP contribution is -2.27. The third-order valence-corrected chi connectivity index (χ3v) is 4.35. The number of likely N-dealkylation sites (tertiary alicyclic amines) is 1. The van der Waals surface area contributed by atoms with Crippen LogP contribution in [0.5, 0.6) is 0 Å². The summed E-state index contributed by atoms with van der Waals surface area (Å²) >= 11 is 6.02. The van der Waals surface area contributed by atoms with Crippen molar-refractivity contribution in [1.82, 2.24) is 4.90 Å². The summed E-state index contributed by atoms with van der Waals surface area (Å²) in [6, 6.07) is 6.69. The Morgan fingerprint density at radius 1 is 1.40 bits per heavy atom. The van der Waals surface area contributed by atoms with Gasteiger partial charge in [-0.2, -0.15) is 0 Å². The molecule has 20 heavy (non-hydrogen) atoms. The SMILES string of the molecule is COC(=O)c1cc(NC2CCN(C3CC3)C2)ccc1Cl. The highest BCUT2D eigenvalue weighted by molar-refractivity contribution is 6.33. The van der Waals surface area contributed by atoms with Crippen molar-refractivity contribution in [2.45, 2.75) is 31.3 Å². The number of hydrogen-bond donors (Lipinski definition) is 1. The van der Waals surface area contributed by atoms with Crippen molar-refractivity contribution in [3.63, 3.8) is 0 Å². The minimum atomic E-state index is -0.398. The van der Waals surface area contributed by atoms with Gasteiger partial charge in [0.25, 0.3) is 0 Å². The molecule has 4 nitrogen and oxygen atoms in total. The lowest BCUT2D eigenvalue weighted by Gasteiger charge is -2.17. The Kier molecular flexibility index (Phi) is 3.85. The molecule has 3 rings (SSSR count). The molecular formula is C15H19ClN2O2. The minimum Gasteiger partial charge on any atom is -0.465 e. The van der Waals surface area contributed by atoms with Gasteiger partial charge >= 0.3 is 5.97 Å². The molecule has 1 saturated carbocycles. The van der Waals surface area contributed by atoms with E-state index in [4.69, 9.17) is 16.3 Å². The number of rotatable bonds is 4. The molecular weight excluding hydrogens is 276 g/mol. The van der Waals surface area contributed by atoms with Crippen molar-refractivity contribution in [3.8, 4) is 0 Å². The maximum atomic E-state index is 11.6. The Labute approximate surface area is 124 Å². The number of nitrogens with zero attached hydrogens (tertiary/aromatic N) is 1. The fraction of sp³-hybridized carbons (Fsp3) is 0.533. The van der Waals surface area contributed by atoms with Crippen molar-refractivity contribution in [1.29, 1.82) is 0 Å². The first-order valence-corrected chi connectivity index (χ1v) is 7.43. The smallest absolute Gasteiger partial charge is 0.339 e. The van der Waals surface area contributed by atoms with E-state index in [0.717, 1.165) is 24.7 Å². The summed E-state index contributed by atoms with van der Waals surface area (Å²) in [5, 5.41) is 3.92. The molecule has 1 aromatic rings. The standard InChI is InChI=1S/C15H19ClN2O2/c1-20-15(19)13-8-10(2-5-14(13)16)17-11-6-7-18(9-11)12-3-4-12/h2,5,8,11-12,17H,3-4,6-7,9H2,1H3. The second kappa shape index (κ2) is 5.62. The zero-order valence-corrected chi connectivity index (χ0v) is 12.3. The highest BCUT2D eigenvalue weighted by Crippen LogP contribution is 2.31. The Balaban J connectivity index is 1.66. The van der Waals surface area contributed by atoms with Gasteiger partial charge < -0.3 is 10.1 Å². The molecule has 2 aliphatic rings. The van der Waals surface area contributed by atoms with E-state index in [1.807, 2.05) is 6.07 Å². The van der Waals surface area contributed by atoms with Crippen LogP contribution in [-0.2, 0) is 4.74 Å². The molecule has 2 fully saturated rings. The number of halogens is 1. The summed E-state index contributed by atoms with van der Waals surface area (Å²) in [6.07, 6.45) is 3.84. The number of ether oxygens (including phenoxy) is 1. The third-order valence-electron chi connectivity index (χ3n) is 4.03. The van der Waals surface area contributed by atoms with E-state index in [-0.39, 0.29) is 0 Å². The summed E-state index contributed by atoms with van der Waals surface area (Å²) in [5.74, 6) is -0.398. The highest BCUT2D eigenvalue weighted by Gasteiger charge is 2.34. The van der Waals surface area contributed by atoms with Crippen LogP contribution in [0.2, 0.25) is 5.02 Å². The first kappa shape index (κ1) is 13.7. The molecule has 1 saturated heterocycles. The van der Waals surface area contributed by atoms with Crippen LogP contribution in [-0.4, -0.2) is 43.2 Å². The molecule has 1 atom stereocenters. The van der Waals surface area contributed by atoms with Crippen molar-refractivity contribution in [3.05, 3.63) is 28.8 Å². The average molecular weight is 295 g/mol. The lowest BCUT2D eigenvalue weighted by molar-refractivity contribution is 0.0601. The maximum absolute atomic E-state index is 11.6. The van der Waals surface area contributed by atoms with E-state index in [9.17, 15) is 4.79 Å². The van der Waals surface area contributed by atoms with Crippen LogP contribution in [0.4, 0.5) is 5.69 Å². The molecule has 1 aliphatic carbocycles. The van der Waals surface area contributed by atoms with Gasteiger partial charge in [-0.15, -0.1) is 0 Å². The van der Waals surface area contributed by atoms with E-state index in [2.05, 4.69) is 10.2 Å². The van der Waals surface area contributed by atoms with E-state index in [1.54, 1.807) is 12.1 Å². The topological polar surface area (TPSA) is 41.6 Å². The van der Waals surface area contributed by atoms with E-state index < -0.39 is 5.97 Å². The van der Waals surface area contributed by atoms with Crippen LogP contribution in [0.3, 0.4) is 0 Å². The molecule has 5 heteroatoms. The number of carbonyl (C=O) groups excluding carboxylic acids is 1. The molecule has 108 valence electrons. The monoisotopic (exact) mass is 294 g/mol. The first-order chi connectivity index (χ1) is 9.67. The Morgan fingerprint density at radius 2 is 2.20 bits per heavy atom. The molecule has 0 bridgehead atoms. The fourth-order valence-electron chi connectivity index (χ4n) is 2.79. The quantitative estimate of drug-likeness (QED) is 0.867. The molecule has 1 heterocycles. The molecule has 1 aromatic carbocycles. The van der Waals surface area contributed by atoms with Gasteiger partial charge in [0.15, 0.2) is 0 Å². The molecule has 1 N–H and O–H groups in total. The first-order valence-electron chi connectivity index (χ1n) is 7.06. The van der Waals surface area contributed by atoms with Gasteiger partial charge in [-0.05, 0) is 37.5 Å². The number of nitrogens with one attached hydrogen (secondary N) is 1. The van der Waals surface area contributed by atoms with Crippen LogP contribution < -0.4 is 5.32 Å². The summed E-state index contributed by atoms with van der Waals surface area (Å²) in [4.78, 5) is 14.2. The normalized spacial score (nSPS) is 22.8. The van der Waals surface area contributed by atoms with Gasteiger partial charge in [0.05, 0.1) is 17.7 Å². The number of hydrogen-bond acceptors (Lipinski definition) is 4. The Hall–Kier alpha value is -1.26. The predicted molar refractivity (Wildman–Crippen MR) is 79.4 cm³/mol. The zero-order valence-electron chi connectivity index (χ0n) is 11.6. The number of esters is 1. The number of anilines is 1. The second-order valence-corrected chi connectivity index (χ2v) is 5.95. The van der Waals surface area contributed by atoms with Gasteiger partial charge in [0.1, 0.15) is 0 Å². The second-order valence-electron chi connectivity index (χ2n) is 5.54. The molecule has 0 amide bonds. The fourth-order valence-corrected chi connectivity index (χ4v) is 2.99. The maximum Gasteiger partial charge on any atom is 0.339 e. The van der Waals surface area contributed by atoms with Crippen molar-refractivity contribution in [2.24, 2.45) is 0 Å². The van der Waals surface area contributed by atoms with Crippen LogP contribution in [0.25, 0.3) is 0 Å². The van der Waals surface area contributed by atoms with Crippen molar-refractivity contribution in [2.75, 3.05) is 25.5 Å². The molecule has 0 spiro atoms. The van der Waals surface area contributed by atoms with E-state index in [1.165, 1.54) is 26.5 Å². The minimum absolute atomic E-state index is 0.398.